The van der Waals surface area contributed by atoms with Crippen molar-refractivity contribution in [3.8, 4) is 0 Å². The van der Waals surface area contributed by atoms with Crippen molar-refractivity contribution in [1.82, 2.24) is 0 Å². The molecule has 0 bridgehead atoms. The molecule has 10 atom stereocenters. The van der Waals surface area contributed by atoms with Gasteiger partial charge >= 0.3 is 0 Å². The number of aliphatic hydroxyl groups is 2. The van der Waals surface area contributed by atoms with E-state index in [4.69, 9.17) is 37.9 Å². The molecule has 2 fully saturated rings. The summed E-state index contributed by atoms with van der Waals surface area (Å²) in [6, 6.07) is 49.1. The highest BCUT2D eigenvalue weighted by Crippen LogP contribution is 2.35. The molecular weight excluding hydrogens is 725 g/mol. The van der Waals surface area contributed by atoms with E-state index in [1.54, 1.807) is 0 Å². The normalized spacial score (nSPS) is 27.6. The molecule has 2 aliphatic rings. The summed E-state index contributed by atoms with van der Waals surface area (Å²) >= 11 is 0. The summed E-state index contributed by atoms with van der Waals surface area (Å²) in [4.78, 5) is 0. The van der Waals surface area contributed by atoms with Crippen molar-refractivity contribution in [2.45, 2.75) is 101 Å². The molecular formula is C47H52O10. The van der Waals surface area contributed by atoms with Crippen LogP contribution in [0.3, 0.4) is 0 Å². The molecule has 57 heavy (non-hydrogen) atoms. The van der Waals surface area contributed by atoms with Crippen LogP contribution in [-0.4, -0.2) is 78.2 Å². The van der Waals surface area contributed by atoms with Crippen LogP contribution < -0.4 is 0 Å². The van der Waals surface area contributed by atoms with E-state index in [0.717, 1.165) is 27.8 Å². The molecule has 0 amide bonds. The Morgan fingerprint density at radius 1 is 0.421 bits per heavy atom. The van der Waals surface area contributed by atoms with Crippen LogP contribution in [0.1, 0.15) is 34.7 Å². The maximum atomic E-state index is 11.4. The third-order valence-electron chi connectivity index (χ3n) is 10.2. The fraction of sp³-hybridized carbons (Fsp3) is 0.362. The molecule has 0 aromatic heterocycles. The zero-order valence-corrected chi connectivity index (χ0v) is 32.1. The average Bonchev–Trinajstić information content (AvgIpc) is 3.26. The molecule has 2 heterocycles. The van der Waals surface area contributed by atoms with Gasteiger partial charge in [0.05, 0.1) is 45.7 Å². The molecule has 2 aliphatic heterocycles. The molecule has 0 unspecified atom stereocenters. The van der Waals surface area contributed by atoms with Crippen LogP contribution in [0.15, 0.2) is 152 Å². The summed E-state index contributed by atoms with van der Waals surface area (Å²) in [6.07, 6.45) is -8.89. The second-order valence-electron chi connectivity index (χ2n) is 14.4. The standard InChI is InChI=1S/C47H52O10/c1-33-40(50-28-34-17-7-2-8-18-34)42(51-29-35-19-9-3-10-20-35)45(54-32-38-25-15-6-16-26-38)47(55-33)57-41-39(27-48)56-46(49)44(53-31-37-23-13-5-14-24-37)43(41)52-30-36-21-11-4-12-22-36/h2-26,33,39-49H,27-32H2,1H3/t33-,39+,40-,41+,42+,43-,44+,45+,46-,47+/m0/s1. The molecule has 10 heteroatoms. The monoisotopic (exact) mass is 776 g/mol. The Morgan fingerprint density at radius 3 is 1.14 bits per heavy atom. The molecule has 10 nitrogen and oxygen atoms in total. The quantitative estimate of drug-likeness (QED) is 0.0991. The van der Waals surface area contributed by atoms with E-state index in [0.29, 0.717) is 6.61 Å². The fourth-order valence-electron chi connectivity index (χ4n) is 7.24. The van der Waals surface area contributed by atoms with E-state index >= 15 is 0 Å². The van der Waals surface area contributed by atoms with E-state index in [2.05, 4.69) is 0 Å². The Hall–Kier alpha value is -4.30. The van der Waals surface area contributed by atoms with Crippen molar-refractivity contribution in [3.63, 3.8) is 0 Å². The lowest BCUT2D eigenvalue weighted by atomic mass is 9.96. The number of hydrogen-bond acceptors (Lipinski definition) is 10. The van der Waals surface area contributed by atoms with E-state index < -0.39 is 68.0 Å². The van der Waals surface area contributed by atoms with Gasteiger partial charge in [-0.15, -0.1) is 0 Å². The number of benzene rings is 5. The van der Waals surface area contributed by atoms with Crippen LogP contribution in [0.5, 0.6) is 0 Å². The van der Waals surface area contributed by atoms with Crippen molar-refractivity contribution in [1.29, 1.82) is 0 Å². The Morgan fingerprint density at radius 2 is 0.754 bits per heavy atom. The van der Waals surface area contributed by atoms with Gasteiger partial charge in [0.2, 0.25) is 0 Å². The second-order valence-corrected chi connectivity index (χ2v) is 14.4. The minimum atomic E-state index is -1.42. The van der Waals surface area contributed by atoms with Gasteiger partial charge in [0, 0.05) is 0 Å². The van der Waals surface area contributed by atoms with Crippen LogP contribution in [0.2, 0.25) is 0 Å². The second kappa shape index (κ2) is 20.9. The van der Waals surface area contributed by atoms with Crippen LogP contribution in [-0.2, 0) is 70.9 Å². The lowest BCUT2D eigenvalue weighted by Crippen LogP contribution is -2.65. The van der Waals surface area contributed by atoms with Crippen molar-refractivity contribution in [2.75, 3.05) is 6.61 Å². The summed E-state index contributed by atoms with van der Waals surface area (Å²) in [7, 11) is 0. The zero-order valence-electron chi connectivity index (χ0n) is 32.1. The average molecular weight is 777 g/mol. The lowest BCUT2D eigenvalue weighted by molar-refractivity contribution is -0.370. The topological polar surface area (TPSA) is 114 Å². The smallest absolute Gasteiger partial charge is 0.187 e. The van der Waals surface area contributed by atoms with E-state index in [1.165, 1.54) is 0 Å². The maximum absolute atomic E-state index is 11.4. The van der Waals surface area contributed by atoms with Gasteiger partial charge in [-0.2, -0.15) is 0 Å². The van der Waals surface area contributed by atoms with Crippen molar-refractivity contribution in [3.05, 3.63) is 179 Å². The Balaban J connectivity index is 1.21. The third-order valence-corrected chi connectivity index (χ3v) is 10.2. The van der Waals surface area contributed by atoms with Gasteiger partial charge < -0.3 is 48.1 Å². The molecule has 5 aromatic carbocycles. The van der Waals surface area contributed by atoms with Gasteiger partial charge in [-0.05, 0) is 34.7 Å². The van der Waals surface area contributed by atoms with Crippen molar-refractivity contribution >= 4 is 0 Å². The Bertz CT molecular complexity index is 1850. The highest BCUT2D eigenvalue weighted by atomic mass is 16.7. The molecule has 2 N–H and O–H groups in total. The highest BCUT2D eigenvalue weighted by Gasteiger charge is 2.53. The van der Waals surface area contributed by atoms with Crippen LogP contribution >= 0.6 is 0 Å². The predicted octanol–water partition coefficient (Wildman–Crippen LogP) is 6.75. The van der Waals surface area contributed by atoms with Gasteiger partial charge in [-0.1, -0.05) is 152 Å². The van der Waals surface area contributed by atoms with Crippen LogP contribution in [0.25, 0.3) is 0 Å². The number of aliphatic hydroxyl groups excluding tert-OH is 2. The molecule has 300 valence electrons. The number of rotatable bonds is 18. The summed E-state index contributed by atoms with van der Waals surface area (Å²) < 4.78 is 52.9. The highest BCUT2D eigenvalue weighted by molar-refractivity contribution is 5.17. The third kappa shape index (κ3) is 11.2. The summed E-state index contributed by atoms with van der Waals surface area (Å²) in [5.41, 5.74) is 4.77. The van der Waals surface area contributed by atoms with E-state index in [1.807, 2.05) is 159 Å². The first-order valence-electron chi connectivity index (χ1n) is 19.6. The molecule has 2 saturated heterocycles. The van der Waals surface area contributed by atoms with Gasteiger partial charge in [0.25, 0.3) is 0 Å². The fourth-order valence-corrected chi connectivity index (χ4v) is 7.24. The van der Waals surface area contributed by atoms with Crippen LogP contribution in [0.4, 0.5) is 0 Å². The molecule has 0 spiro atoms. The van der Waals surface area contributed by atoms with Crippen molar-refractivity contribution in [2.24, 2.45) is 0 Å². The predicted molar refractivity (Wildman–Crippen MR) is 212 cm³/mol. The van der Waals surface area contributed by atoms with Gasteiger partial charge in [-0.25, -0.2) is 0 Å². The minimum Gasteiger partial charge on any atom is -0.394 e. The largest absolute Gasteiger partial charge is 0.394 e. The van der Waals surface area contributed by atoms with Gasteiger partial charge in [0.15, 0.2) is 12.6 Å². The zero-order chi connectivity index (χ0) is 39.2. The van der Waals surface area contributed by atoms with Gasteiger partial charge in [0.1, 0.15) is 42.7 Å². The van der Waals surface area contributed by atoms with Gasteiger partial charge in [-0.3, -0.25) is 0 Å². The number of hydrogen-bond donors (Lipinski definition) is 2. The summed E-state index contributed by atoms with van der Waals surface area (Å²) in [6.45, 7) is 2.69. The molecule has 0 saturated carbocycles. The molecule has 5 aromatic rings. The minimum absolute atomic E-state index is 0.184. The maximum Gasteiger partial charge on any atom is 0.187 e. The SMILES string of the molecule is C[C@@H]1O[C@H](O[C@H]2[C@H](OCc3ccccc3)[C@@H](OCc3ccccc3)[C@@H](O)O[C@@H]2CO)[C@H](OCc2ccccc2)[C@H](OCc2ccccc2)[C@H]1OCc1ccccc1. The van der Waals surface area contributed by atoms with E-state index in [9.17, 15) is 10.2 Å². The van der Waals surface area contributed by atoms with Crippen molar-refractivity contribution < 1.29 is 48.1 Å². The first kappa shape index (κ1) is 40.9. The van der Waals surface area contributed by atoms with E-state index in [-0.39, 0.29) is 26.4 Å². The Labute approximate surface area is 334 Å². The summed E-state index contributed by atoms with van der Waals surface area (Å²) in [5, 5.41) is 22.1. The molecule has 0 radical (unpaired) electrons. The molecule has 0 aliphatic carbocycles. The first-order valence-corrected chi connectivity index (χ1v) is 19.6. The lowest BCUT2D eigenvalue weighted by Gasteiger charge is -2.49. The Kier molecular flexibility index (Phi) is 15.0. The van der Waals surface area contributed by atoms with Crippen LogP contribution in [0, 0.1) is 0 Å². The number of ether oxygens (including phenoxy) is 8. The first-order chi connectivity index (χ1) is 28.1. The summed E-state index contributed by atoms with van der Waals surface area (Å²) in [5.74, 6) is 0. The molecule has 7 rings (SSSR count).